The van der Waals surface area contributed by atoms with Crippen molar-refractivity contribution >= 4 is 5.91 Å². The highest BCUT2D eigenvalue weighted by Crippen LogP contribution is 2.32. The monoisotopic (exact) mass is 197 g/mol. The zero-order valence-corrected chi connectivity index (χ0v) is 8.61. The molecule has 2 fully saturated rings. The standard InChI is InChI=1S/C11H19NO2/c13-8-9-2-1-6-12(7-5-9)11(14)10-3-4-10/h9-10,13H,1-8H2. The first-order valence-corrected chi connectivity index (χ1v) is 5.71. The molecule has 0 spiro atoms. The van der Waals surface area contributed by atoms with Gasteiger partial charge in [0.05, 0.1) is 0 Å². The lowest BCUT2D eigenvalue weighted by molar-refractivity contribution is -0.132. The van der Waals surface area contributed by atoms with Crippen molar-refractivity contribution in [3.05, 3.63) is 0 Å². The second-order valence-electron chi connectivity index (χ2n) is 4.58. The number of aliphatic hydroxyl groups is 1. The van der Waals surface area contributed by atoms with Gasteiger partial charge >= 0.3 is 0 Å². The van der Waals surface area contributed by atoms with Gasteiger partial charge in [0.2, 0.25) is 5.91 Å². The molecule has 0 aromatic rings. The lowest BCUT2D eigenvalue weighted by Gasteiger charge is -2.20. The van der Waals surface area contributed by atoms with E-state index in [4.69, 9.17) is 5.11 Å². The van der Waals surface area contributed by atoms with Crippen molar-refractivity contribution in [1.82, 2.24) is 4.90 Å². The minimum absolute atomic E-state index is 0.283. The van der Waals surface area contributed by atoms with Crippen LogP contribution in [0.15, 0.2) is 0 Å². The largest absolute Gasteiger partial charge is 0.396 e. The fraction of sp³-hybridized carbons (Fsp3) is 0.909. The van der Waals surface area contributed by atoms with Gasteiger partial charge in [-0.05, 0) is 38.0 Å². The first-order valence-electron chi connectivity index (χ1n) is 5.71. The Bertz CT molecular complexity index is 213. The molecule has 1 saturated carbocycles. The summed E-state index contributed by atoms with van der Waals surface area (Å²) in [4.78, 5) is 13.8. The van der Waals surface area contributed by atoms with Crippen LogP contribution in [-0.2, 0) is 4.79 Å². The zero-order valence-electron chi connectivity index (χ0n) is 8.61. The van der Waals surface area contributed by atoms with Crippen LogP contribution in [-0.4, -0.2) is 35.6 Å². The SMILES string of the molecule is O=C(C1CC1)N1CCCC(CO)CC1. The average Bonchev–Trinajstić information content (AvgIpc) is 3.03. The van der Waals surface area contributed by atoms with Crippen LogP contribution in [0.2, 0.25) is 0 Å². The van der Waals surface area contributed by atoms with Crippen LogP contribution >= 0.6 is 0 Å². The van der Waals surface area contributed by atoms with Crippen LogP contribution < -0.4 is 0 Å². The molecule has 0 radical (unpaired) electrons. The van der Waals surface area contributed by atoms with Gasteiger partial charge in [0.15, 0.2) is 0 Å². The molecular formula is C11H19NO2. The number of amides is 1. The lowest BCUT2D eigenvalue weighted by Crippen LogP contribution is -2.33. The molecule has 0 aromatic carbocycles. The highest BCUT2D eigenvalue weighted by Gasteiger charge is 2.33. The van der Waals surface area contributed by atoms with E-state index >= 15 is 0 Å². The quantitative estimate of drug-likeness (QED) is 0.718. The van der Waals surface area contributed by atoms with Gasteiger partial charge in [0.25, 0.3) is 0 Å². The molecule has 0 aromatic heterocycles. The van der Waals surface area contributed by atoms with Gasteiger partial charge in [-0.3, -0.25) is 4.79 Å². The maximum Gasteiger partial charge on any atom is 0.225 e. The Morgan fingerprint density at radius 1 is 1.21 bits per heavy atom. The van der Waals surface area contributed by atoms with Gasteiger partial charge in [-0.15, -0.1) is 0 Å². The Morgan fingerprint density at radius 3 is 2.64 bits per heavy atom. The van der Waals surface area contributed by atoms with Crippen molar-refractivity contribution in [3.63, 3.8) is 0 Å². The molecule has 3 heteroatoms. The fourth-order valence-corrected chi connectivity index (χ4v) is 2.16. The van der Waals surface area contributed by atoms with E-state index in [9.17, 15) is 4.79 Å². The second kappa shape index (κ2) is 4.30. The number of aliphatic hydroxyl groups excluding tert-OH is 1. The van der Waals surface area contributed by atoms with Crippen LogP contribution in [0.1, 0.15) is 32.1 Å². The van der Waals surface area contributed by atoms with Crippen LogP contribution in [0, 0.1) is 11.8 Å². The summed E-state index contributed by atoms with van der Waals surface area (Å²) in [5, 5.41) is 9.06. The van der Waals surface area contributed by atoms with Crippen LogP contribution in [0.3, 0.4) is 0 Å². The number of hydrogen-bond acceptors (Lipinski definition) is 2. The van der Waals surface area contributed by atoms with Crippen molar-refractivity contribution in [1.29, 1.82) is 0 Å². The average molecular weight is 197 g/mol. The number of likely N-dealkylation sites (tertiary alicyclic amines) is 1. The first-order chi connectivity index (χ1) is 6.81. The Balaban J connectivity index is 1.84. The highest BCUT2D eigenvalue weighted by molar-refractivity contribution is 5.81. The van der Waals surface area contributed by atoms with Crippen LogP contribution in [0.4, 0.5) is 0 Å². The van der Waals surface area contributed by atoms with Crippen molar-refractivity contribution in [2.75, 3.05) is 19.7 Å². The predicted molar refractivity (Wildman–Crippen MR) is 53.7 cm³/mol. The summed E-state index contributed by atoms with van der Waals surface area (Å²) in [5.74, 6) is 1.14. The van der Waals surface area contributed by atoms with Crippen molar-refractivity contribution in [3.8, 4) is 0 Å². The molecule has 1 unspecified atom stereocenters. The molecule has 1 aliphatic heterocycles. The number of carbonyl (C=O) groups excluding carboxylic acids is 1. The van der Waals surface area contributed by atoms with E-state index in [1.54, 1.807) is 0 Å². The van der Waals surface area contributed by atoms with E-state index in [1.165, 1.54) is 0 Å². The minimum atomic E-state index is 0.283. The third-order valence-corrected chi connectivity index (χ3v) is 3.34. The molecule has 1 atom stereocenters. The lowest BCUT2D eigenvalue weighted by atomic mass is 10.0. The predicted octanol–water partition coefficient (Wildman–Crippen LogP) is 1.02. The fourth-order valence-electron chi connectivity index (χ4n) is 2.16. The molecule has 1 heterocycles. The maximum atomic E-state index is 11.8. The van der Waals surface area contributed by atoms with Gasteiger partial charge < -0.3 is 10.0 Å². The molecule has 2 aliphatic rings. The molecular weight excluding hydrogens is 178 g/mol. The molecule has 14 heavy (non-hydrogen) atoms. The Kier molecular flexibility index (Phi) is 3.06. The molecule has 1 amide bonds. The van der Waals surface area contributed by atoms with Gasteiger partial charge in [0, 0.05) is 25.6 Å². The van der Waals surface area contributed by atoms with Gasteiger partial charge in [0.1, 0.15) is 0 Å². The maximum absolute atomic E-state index is 11.8. The zero-order chi connectivity index (χ0) is 9.97. The Hall–Kier alpha value is -0.570. The smallest absolute Gasteiger partial charge is 0.225 e. The molecule has 80 valence electrons. The van der Waals surface area contributed by atoms with Crippen molar-refractivity contribution < 1.29 is 9.90 Å². The second-order valence-corrected chi connectivity index (χ2v) is 4.58. The minimum Gasteiger partial charge on any atom is -0.396 e. The molecule has 1 N–H and O–H groups in total. The number of nitrogens with zero attached hydrogens (tertiary/aromatic N) is 1. The molecule has 1 saturated heterocycles. The first kappa shape index (κ1) is 9.97. The number of hydrogen-bond donors (Lipinski definition) is 1. The van der Waals surface area contributed by atoms with E-state index in [1.807, 2.05) is 4.90 Å². The Morgan fingerprint density at radius 2 is 2.00 bits per heavy atom. The molecule has 1 aliphatic carbocycles. The van der Waals surface area contributed by atoms with Gasteiger partial charge in [-0.25, -0.2) is 0 Å². The summed E-state index contributed by atoms with van der Waals surface area (Å²) in [6.07, 6.45) is 5.31. The number of carbonyl (C=O) groups is 1. The third-order valence-electron chi connectivity index (χ3n) is 3.34. The van der Waals surface area contributed by atoms with E-state index in [-0.39, 0.29) is 6.61 Å². The molecule has 2 rings (SSSR count). The van der Waals surface area contributed by atoms with Crippen molar-refractivity contribution in [2.45, 2.75) is 32.1 Å². The Labute approximate surface area is 85.1 Å². The topological polar surface area (TPSA) is 40.5 Å². The van der Waals surface area contributed by atoms with Crippen LogP contribution in [0.25, 0.3) is 0 Å². The third kappa shape index (κ3) is 2.27. The van der Waals surface area contributed by atoms with Crippen molar-refractivity contribution in [2.24, 2.45) is 11.8 Å². The number of rotatable bonds is 2. The highest BCUT2D eigenvalue weighted by atomic mass is 16.3. The van der Waals surface area contributed by atoms with E-state index in [0.717, 1.165) is 45.2 Å². The normalized spacial score (nSPS) is 28.6. The summed E-state index contributed by atoms with van der Waals surface area (Å²) < 4.78 is 0. The van der Waals surface area contributed by atoms with E-state index < -0.39 is 0 Å². The summed E-state index contributed by atoms with van der Waals surface area (Å²) in [5.41, 5.74) is 0. The van der Waals surface area contributed by atoms with Crippen LogP contribution in [0.5, 0.6) is 0 Å². The summed E-state index contributed by atoms with van der Waals surface area (Å²) in [6, 6.07) is 0. The van der Waals surface area contributed by atoms with Gasteiger partial charge in [-0.2, -0.15) is 0 Å². The summed E-state index contributed by atoms with van der Waals surface area (Å²) in [7, 11) is 0. The summed E-state index contributed by atoms with van der Waals surface area (Å²) in [6.45, 7) is 2.05. The molecule has 3 nitrogen and oxygen atoms in total. The molecule has 0 bridgehead atoms. The van der Waals surface area contributed by atoms with E-state index in [2.05, 4.69) is 0 Å². The van der Waals surface area contributed by atoms with E-state index in [0.29, 0.717) is 17.7 Å². The van der Waals surface area contributed by atoms with Gasteiger partial charge in [-0.1, -0.05) is 0 Å². The summed E-state index contributed by atoms with van der Waals surface area (Å²) >= 11 is 0.